The van der Waals surface area contributed by atoms with Crippen LogP contribution in [0.5, 0.6) is 0 Å². The molecule has 0 bridgehead atoms. The van der Waals surface area contributed by atoms with Crippen LogP contribution in [0.4, 0.5) is 0 Å². The van der Waals surface area contributed by atoms with Crippen molar-refractivity contribution in [1.82, 2.24) is 9.88 Å². The van der Waals surface area contributed by atoms with Crippen molar-refractivity contribution in [1.29, 1.82) is 0 Å². The van der Waals surface area contributed by atoms with Crippen LogP contribution in [0.25, 0.3) is 0 Å². The molecule has 128 valence electrons. The zero-order valence-corrected chi connectivity index (χ0v) is 14.7. The summed E-state index contributed by atoms with van der Waals surface area (Å²) in [7, 11) is 1.37. The lowest BCUT2D eigenvalue weighted by Crippen LogP contribution is -2.41. The summed E-state index contributed by atoms with van der Waals surface area (Å²) in [5.74, 6) is -0.378. The van der Waals surface area contributed by atoms with Crippen molar-refractivity contribution in [3.8, 4) is 0 Å². The first-order valence-corrected chi connectivity index (χ1v) is 8.65. The van der Waals surface area contributed by atoms with Gasteiger partial charge in [0.25, 0.3) is 5.91 Å². The Morgan fingerprint density at radius 2 is 1.87 bits per heavy atom. The van der Waals surface area contributed by atoms with Gasteiger partial charge in [0, 0.05) is 18.3 Å². The van der Waals surface area contributed by atoms with Crippen molar-refractivity contribution in [2.45, 2.75) is 65.3 Å². The summed E-state index contributed by atoms with van der Waals surface area (Å²) < 4.78 is 4.87. The molecule has 5 nitrogen and oxygen atoms in total. The third-order valence-electron chi connectivity index (χ3n) is 4.90. The summed E-state index contributed by atoms with van der Waals surface area (Å²) in [5, 5.41) is 0. The number of carbonyl (C=O) groups excluding carboxylic acids is 2. The van der Waals surface area contributed by atoms with Crippen LogP contribution in [0.2, 0.25) is 0 Å². The van der Waals surface area contributed by atoms with E-state index in [9.17, 15) is 9.59 Å². The van der Waals surface area contributed by atoms with E-state index in [1.165, 1.54) is 26.4 Å². The number of ether oxygens (including phenoxy) is 1. The highest BCUT2D eigenvalue weighted by Gasteiger charge is 2.30. The fraction of sp³-hybridized carbons (Fsp3) is 0.667. The van der Waals surface area contributed by atoms with Gasteiger partial charge in [0.05, 0.1) is 12.7 Å². The SMILES string of the molecule is CCc1[nH]c(C(=O)N(CC)C2CCCCC2)c(C)c1C(=O)OC. The number of aromatic nitrogens is 1. The largest absolute Gasteiger partial charge is 0.465 e. The second kappa shape index (κ2) is 7.66. The number of nitrogens with one attached hydrogen (secondary N) is 1. The van der Waals surface area contributed by atoms with Gasteiger partial charge >= 0.3 is 5.97 Å². The average molecular weight is 320 g/mol. The molecule has 0 radical (unpaired) electrons. The Morgan fingerprint density at radius 3 is 2.39 bits per heavy atom. The molecule has 5 heteroatoms. The number of H-pyrrole nitrogens is 1. The van der Waals surface area contributed by atoms with Gasteiger partial charge in [0.1, 0.15) is 5.69 Å². The molecule has 1 fully saturated rings. The fourth-order valence-electron chi connectivity index (χ4n) is 3.62. The lowest BCUT2D eigenvalue weighted by atomic mass is 9.94. The van der Waals surface area contributed by atoms with Gasteiger partial charge in [-0.25, -0.2) is 4.79 Å². The molecule has 0 aromatic carbocycles. The molecule has 1 heterocycles. The number of methoxy groups -OCH3 is 1. The first kappa shape index (κ1) is 17.6. The van der Waals surface area contributed by atoms with Gasteiger partial charge in [-0.3, -0.25) is 4.79 Å². The second-order valence-electron chi connectivity index (χ2n) is 6.21. The molecule has 23 heavy (non-hydrogen) atoms. The van der Waals surface area contributed by atoms with E-state index in [0.717, 1.165) is 18.5 Å². The first-order chi connectivity index (χ1) is 11.0. The second-order valence-corrected chi connectivity index (χ2v) is 6.21. The van der Waals surface area contributed by atoms with Crippen molar-refractivity contribution in [3.63, 3.8) is 0 Å². The number of hydrogen-bond acceptors (Lipinski definition) is 3. The van der Waals surface area contributed by atoms with Crippen LogP contribution in [0.3, 0.4) is 0 Å². The number of nitrogens with zero attached hydrogens (tertiary/aromatic N) is 1. The summed E-state index contributed by atoms with van der Waals surface area (Å²) in [6, 6.07) is 0.315. The van der Waals surface area contributed by atoms with E-state index in [4.69, 9.17) is 4.74 Å². The zero-order valence-electron chi connectivity index (χ0n) is 14.7. The van der Waals surface area contributed by atoms with Crippen LogP contribution < -0.4 is 0 Å². The smallest absolute Gasteiger partial charge is 0.339 e. The average Bonchev–Trinajstić information content (AvgIpc) is 2.92. The molecule has 0 aliphatic heterocycles. The van der Waals surface area contributed by atoms with E-state index in [-0.39, 0.29) is 11.9 Å². The normalized spacial score (nSPS) is 15.5. The van der Waals surface area contributed by atoms with Gasteiger partial charge in [-0.2, -0.15) is 0 Å². The predicted octanol–water partition coefficient (Wildman–Crippen LogP) is 3.47. The van der Waals surface area contributed by atoms with Crippen LogP contribution >= 0.6 is 0 Å². The number of rotatable bonds is 5. The lowest BCUT2D eigenvalue weighted by Gasteiger charge is -2.33. The number of carbonyl (C=O) groups is 2. The Morgan fingerprint density at radius 1 is 1.22 bits per heavy atom. The molecular formula is C18H28N2O3. The zero-order chi connectivity index (χ0) is 17.0. The molecule has 0 spiro atoms. The Balaban J connectivity index is 2.34. The minimum atomic E-state index is -0.379. The maximum Gasteiger partial charge on any atom is 0.339 e. The van der Waals surface area contributed by atoms with Crippen LogP contribution in [-0.2, 0) is 11.2 Å². The van der Waals surface area contributed by atoms with Gasteiger partial charge < -0.3 is 14.6 Å². The third kappa shape index (κ3) is 3.43. The van der Waals surface area contributed by atoms with Crippen molar-refractivity contribution in [3.05, 3.63) is 22.5 Å². The van der Waals surface area contributed by atoms with E-state index in [2.05, 4.69) is 4.98 Å². The molecule has 0 atom stereocenters. The highest BCUT2D eigenvalue weighted by molar-refractivity contribution is 6.00. The predicted molar refractivity (Wildman–Crippen MR) is 89.8 cm³/mol. The maximum atomic E-state index is 13.0. The Bertz CT molecular complexity index is 571. The number of esters is 1. The molecule has 1 aliphatic rings. The first-order valence-electron chi connectivity index (χ1n) is 8.65. The molecule has 1 aromatic rings. The maximum absolute atomic E-state index is 13.0. The van der Waals surface area contributed by atoms with E-state index < -0.39 is 0 Å². The van der Waals surface area contributed by atoms with Crippen LogP contribution in [0.15, 0.2) is 0 Å². The Kier molecular flexibility index (Phi) is 5.85. The van der Waals surface area contributed by atoms with Gasteiger partial charge in [0.15, 0.2) is 0 Å². The van der Waals surface area contributed by atoms with E-state index in [1.807, 2.05) is 25.7 Å². The quantitative estimate of drug-likeness (QED) is 0.845. The Labute approximate surface area is 138 Å². The topological polar surface area (TPSA) is 62.4 Å². The summed E-state index contributed by atoms with van der Waals surface area (Å²) in [4.78, 5) is 30.2. The van der Waals surface area contributed by atoms with E-state index in [0.29, 0.717) is 35.8 Å². The summed E-state index contributed by atoms with van der Waals surface area (Å²) in [6.07, 6.45) is 6.44. The summed E-state index contributed by atoms with van der Waals surface area (Å²) in [6.45, 7) is 6.50. The van der Waals surface area contributed by atoms with Crippen LogP contribution in [0, 0.1) is 6.92 Å². The third-order valence-corrected chi connectivity index (χ3v) is 4.90. The number of aryl methyl sites for hydroxylation is 1. The highest BCUT2D eigenvalue weighted by atomic mass is 16.5. The van der Waals surface area contributed by atoms with Crippen molar-refractivity contribution >= 4 is 11.9 Å². The summed E-state index contributed by atoms with van der Waals surface area (Å²) >= 11 is 0. The monoisotopic (exact) mass is 320 g/mol. The van der Waals surface area contributed by atoms with Crippen molar-refractivity contribution in [2.75, 3.05) is 13.7 Å². The van der Waals surface area contributed by atoms with Gasteiger partial charge in [-0.15, -0.1) is 0 Å². The molecule has 1 aromatic heterocycles. The molecule has 1 aliphatic carbocycles. The molecule has 1 N–H and O–H groups in total. The van der Waals surface area contributed by atoms with Gasteiger partial charge in [-0.05, 0) is 38.7 Å². The standard InChI is InChI=1S/C18H28N2O3/c1-5-14-15(18(22)23-4)12(3)16(19-14)17(21)20(6-2)13-10-8-7-9-11-13/h13,19H,5-11H2,1-4H3. The van der Waals surface area contributed by atoms with Crippen molar-refractivity contribution < 1.29 is 14.3 Å². The minimum Gasteiger partial charge on any atom is -0.465 e. The molecular weight excluding hydrogens is 292 g/mol. The number of amides is 1. The minimum absolute atomic E-state index is 0.00162. The van der Waals surface area contributed by atoms with Gasteiger partial charge in [-0.1, -0.05) is 26.2 Å². The van der Waals surface area contributed by atoms with Crippen molar-refractivity contribution in [2.24, 2.45) is 0 Å². The molecule has 1 amide bonds. The molecule has 0 unspecified atom stereocenters. The molecule has 2 rings (SSSR count). The van der Waals surface area contributed by atoms with E-state index in [1.54, 1.807) is 0 Å². The van der Waals surface area contributed by atoms with Crippen LogP contribution in [-0.4, -0.2) is 41.5 Å². The molecule has 1 saturated carbocycles. The number of aromatic amines is 1. The van der Waals surface area contributed by atoms with E-state index >= 15 is 0 Å². The molecule has 0 saturated heterocycles. The Hall–Kier alpha value is -1.78. The fourth-order valence-corrected chi connectivity index (χ4v) is 3.62. The summed E-state index contributed by atoms with van der Waals surface area (Å²) in [5.41, 5.74) is 2.53. The number of hydrogen-bond donors (Lipinski definition) is 1. The van der Waals surface area contributed by atoms with Gasteiger partial charge in [0.2, 0.25) is 0 Å². The van der Waals surface area contributed by atoms with Crippen LogP contribution in [0.1, 0.15) is 78.1 Å². The lowest BCUT2D eigenvalue weighted by molar-refractivity contribution is 0.0599. The highest BCUT2D eigenvalue weighted by Crippen LogP contribution is 2.26.